The minimum Gasteiger partial charge on any atom is -0.388 e. The third-order valence-corrected chi connectivity index (χ3v) is 3.85. The Morgan fingerprint density at radius 2 is 2.33 bits per heavy atom. The summed E-state index contributed by atoms with van der Waals surface area (Å²) >= 11 is 5.72. The lowest BCUT2D eigenvalue weighted by molar-refractivity contribution is -0.121. The molecule has 0 saturated carbocycles. The highest BCUT2D eigenvalue weighted by Crippen LogP contribution is 2.30. The van der Waals surface area contributed by atoms with Crippen LogP contribution in [0.1, 0.15) is 19.8 Å². The van der Waals surface area contributed by atoms with Crippen LogP contribution in [0.25, 0.3) is 0 Å². The number of carbonyl (C=O) groups is 2. The van der Waals surface area contributed by atoms with Crippen LogP contribution in [-0.4, -0.2) is 45.1 Å². The van der Waals surface area contributed by atoms with Crippen LogP contribution in [0.4, 0.5) is 10.6 Å². The zero-order valence-electron chi connectivity index (χ0n) is 11.5. The van der Waals surface area contributed by atoms with E-state index in [-0.39, 0.29) is 13.0 Å². The number of nitrogens with one attached hydrogen (secondary N) is 1. The van der Waals surface area contributed by atoms with Crippen LogP contribution in [0.5, 0.6) is 0 Å². The summed E-state index contributed by atoms with van der Waals surface area (Å²) in [5, 5.41) is 13.3. The van der Waals surface area contributed by atoms with Crippen LogP contribution in [0.3, 0.4) is 0 Å². The topological polar surface area (TPSA) is 109 Å². The average molecular weight is 313 g/mol. The van der Waals surface area contributed by atoms with Crippen LogP contribution >= 0.6 is 11.6 Å². The maximum atomic E-state index is 12.2. The van der Waals surface area contributed by atoms with Gasteiger partial charge in [-0.1, -0.05) is 18.5 Å². The number of halogens is 1. The number of β-amino-alcohol motifs (C(OH)–C–C–N with tert-alkyl or cyclic N) is 1. The molecule has 2 rings (SSSR count). The molecule has 1 saturated heterocycles. The van der Waals surface area contributed by atoms with Gasteiger partial charge in [0.2, 0.25) is 5.91 Å². The fourth-order valence-corrected chi connectivity index (χ4v) is 2.43. The highest BCUT2D eigenvalue weighted by atomic mass is 35.5. The molecule has 1 aliphatic rings. The summed E-state index contributed by atoms with van der Waals surface area (Å²) in [6, 6.07) is 1.77. The van der Waals surface area contributed by atoms with Gasteiger partial charge in [-0.25, -0.2) is 9.78 Å². The van der Waals surface area contributed by atoms with E-state index < -0.39 is 23.6 Å². The summed E-state index contributed by atoms with van der Waals surface area (Å²) in [7, 11) is 0. The maximum Gasteiger partial charge on any atom is 0.323 e. The number of hydrogen-bond donors (Lipinski definition) is 3. The first-order valence-corrected chi connectivity index (χ1v) is 6.93. The lowest BCUT2D eigenvalue weighted by Crippen LogP contribution is -2.46. The molecule has 0 radical (unpaired) electrons. The van der Waals surface area contributed by atoms with Crippen molar-refractivity contribution in [3.05, 3.63) is 23.4 Å². The van der Waals surface area contributed by atoms with E-state index in [0.717, 1.165) is 0 Å². The summed E-state index contributed by atoms with van der Waals surface area (Å²) in [6.45, 7) is 1.84. The minimum absolute atomic E-state index is 0.0521. The van der Waals surface area contributed by atoms with Gasteiger partial charge in [0.05, 0.1) is 17.2 Å². The Labute approximate surface area is 127 Å². The first-order chi connectivity index (χ1) is 9.84. The number of nitrogens with zero attached hydrogens (tertiary/aromatic N) is 2. The molecule has 114 valence electrons. The molecule has 2 heterocycles. The van der Waals surface area contributed by atoms with Crippen LogP contribution in [0.2, 0.25) is 5.02 Å². The molecular weight excluding hydrogens is 296 g/mol. The Bertz CT molecular complexity index is 551. The third kappa shape index (κ3) is 3.43. The van der Waals surface area contributed by atoms with Gasteiger partial charge in [-0.15, -0.1) is 0 Å². The number of aliphatic hydroxyl groups is 1. The highest BCUT2D eigenvalue weighted by molar-refractivity contribution is 6.30. The molecule has 7 nitrogen and oxygen atoms in total. The van der Waals surface area contributed by atoms with E-state index in [1.807, 2.05) is 0 Å². The number of likely N-dealkylation sites (tertiary alicyclic amines) is 1. The van der Waals surface area contributed by atoms with Crippen molar-refractivity contribution in [1.82, 2.24) is 9.88 Å². The van der Waals surface area contributed by atoms with Crippen molar-refractivity contribution in [3.8, 4) is 0 Å². The molecule has 1 aliphatic heterocycles. The van der Waals surface area contributed by atoms with Crippen LogP contribution < -0.4 is 11.1 Å². The minimum atomic E-state index is -1.09. The second-order valence-corrected chi connectivity index (χ2v) is 5.56. The Hall–Kier alpha value is -1.86. The molecule has 0 spiro atoms. The second-order valence-electron chi connectivity index (χ2n) is 5.12. The number of hydrogen-bond acceptors (Lipinski definition) is 4. The highest BCUT2D eigenvalue weighted by Gasteiger charge is 2.46. The number of carbonyl (C=O) groups excluding carboxylic acids is 2. The zero-order chi connectivity index (χ0) is 15.6. The van der Waals surface area contributed by atoms with Gasteiger partial charge in [0.1, 0.15) is 11.9 Å². The van der Waals surface area contributed by atoms with Gasteiger partial charge in [-0.05, 0) is 18.6 Å². The van der Waals surface area contributed by atoms with Crippen molar-refractivity contribution >= 4 is 29.4 Å². The van der Waals surface area contributed by atoms with Gasteiger partial charge in [0.25, 0.3) is 0 Å². The maximum absolute atomic E-state index is 12.2. The van der Waals surface area contributed by atoms with Crippen molar-refractivity contribution < 1.29 is 14.7 Å². The Morgan fingerprint density at radius 3 is 2.86 bits per heavy atom. The number of amides is 3. The predicted molar refractivity (Wildman–Crippen MR) is 77.8 cm³/mol. The molecule has 2 atom stereocenters. The number of urea groups is 1. The molecule has 0 aromatic carbocycles. The van der Waals surface area contributed by atoms with Crippen LogP contribution in [-0.2, 0) is 4.79 Å². The fourth-order valence-electron chi connectivity index (χ4n) is 2.32. The lowest BCUT2D eigenvalue weighted by atomic mass is 9.97. The number of primary amides is 1. The second kappa shape index (κ2) is 5.87. The predicted octanol–water partition coefficient (Wildman–Crippen LogP) is 0.968. The summed E-state index contributed by atoms with van der Waals surface area (Å²) in [6.07, 6.45) is 1.97. The molecule has 4 N–H and O–H groups in total. The van der Waals surface area contributed by atoms with E-state index in [1.165, 1.54) is 11.1 Å². The van der Waals surface area contributed by atoms with Crippen molar-refractivity contribution in [2.75, 3.05) is 11.9 Å². The molecule has 3 amide bonds. The monoisotopic (exact) mass is 312 g/mol. The van der Waals surface area contributed by atoms with Crippen molar-refractivity contribution in [2.45, 2.75) is 31.4 Å². The molecule has 0 bridgehead atoms. The Balaban J connectivity index is 2.13. The SMILES string of the molecule is CCC1(O)CC(C(N)=O)N(C(=O)Nc2ccc(Cl)cn2)C1. The summed E-state index contributed by atoms with van der Waals surface area (Å²) in [4.78, 5) is 28.9. The van der Waals surface area contributed by atoms with Crippen LogP contribution in [0, 0.1) is 0 Å². The average Bonchev–Trinajstić information content (AvgIpc) is 2.81. The molecule has 2 unspecified atom stereocenters. The number of anilines is 1. The van der Waals surface area contributed by atoms with E-state index in [2.05, 4.69) is 10.3 Å². The molecule has 8 heteroatoms. The fraction of sp³-hybridized carbons (Fsp3) is 0.462. The number of rotatable bonds is 3. The number of aromatic nitrogens is 1. The Kier molecular flexibility index (Phi) is 4.34. The lowest BCUT2D eigenvalue weighted by Gasteiger charge is -2.23. The first kappa shape index (κ1) is 15.5. The van der Waals surface area contributed by atoms with E-state index in [1.54, 1.807) is 19.1 Å². The van der Waals surface area contributed by atoms with E-state index in [4.69, 9.17) is 17.3 Å². The van der Waals surface area contributed by atoms with Gasteiger partial charge < -0.3 is 15.7 Å². The van der Waals surface area contributed by atoms with E-state index in [0.29, 0.717) is 17.3 Å². The standard InChI is InChI=1S/C13H17ClN4O3/c1-2-13(21)5-9(11(15)19)18(7-13)12(20)17-10-4-3-8(14)6-16-10/h3-4,6,9,21H,2,5,7H2,1H3,(H2,15,19)(H,16,17,20). The zero-order valence-corrected chi connectivity index (χ0v) is 12.3. The Morgan fingerprint density at radius 1 is 1.62 bits per heavy atom. The summed E-state index contributed by atoms with van der Waals surface area (Å²) in [5.74, 6) is -0.335. The molecule has 0 aliphatic carbocycles. The smallest absolute Gasteiger partial charge is 0.323 e. The van der Waals surface area contributed by atoms with Crippen molar-refractivity contribution in [3.63, 3.8) is 0 Å². The van der Waals surface area contributed by atoms with Gasteiger partial charge in [0, 0.05) is 12.6 Å². The number of nitrogens with two attached hydrogens (primary N) is 1. The van der Waals surface area contributed by atoms with Gasteiger partial charge in [0.15, 0.2) is 0 Å². The third-order valence-electron chi connectivity index (χ3n) is 3.62. The van der Waals surface area contributed by atoms with Crippen molar-refractivity contribution in [2.24, 2.45) is 5.73 Å². The van der Waals surface area contributed by atoms with Crippen molar-refractivity contribution in [1.29, 1.82) is 0 Å². The summed E-state index contributed by atoms with van der Waals surface area (Å²) in [5.41, 5.74) is 4.22. The normalized spacial score (nSPS) is 24.9. The van der Waals surface area contributed by atoms with Crippen LogP contribution in [0.15, 0.2) is 18.3 Å². The van der Waals surface area contributed by atoms with E-state index >= 15 is 0 Å². The first-order valence-electron chi connectivity index (χ1n) is 6.55. The largest absolute Gasteiger partial charge is 0.388 e. The van der Waals surface area contributed by atoms with Gasteiger partial charge in [-0.3, -0.25) is 10.1 Å². The summed E-state index contributed by atoms with van der Waals surface area (Å²) < 4.78 is 0. The van der Waals surface area contributed by atoms with E-state index in [9.17, 15) is 14.7 Å². The van der Waals surface area contributed by atoms with Gasteiger partial charge in [-0.2, -0.15) is 0 Å². The molecule has 21 heavy (non-hydrogen) atoms. The van der Waals surface area contributed by atoms with Gasteiger partial charge >= 0.3 is 6.03 Å². The molecular formula is C13H17ClN4O3. The molecule has 1 aromatic rings. The number of pyridine rings is 1. The molecule has 1 fully saturated rings. The molecule has 1 aromatic heterocycles. The quantitative estimate of drug-likeness (QED) is 0.772.